The van der Waals surface area contributed by atoms with E-state index in [1.54, 1.807) is 20.2 Å². The molecule has 0 aliphatic carbocycles. The Hall–Kier alpha value is -1.65. The normalized spacial score (nSPS) is 11.1. The zero-order valence-electron chi connectivity index (χ0n) is 9.07. The van der Waals surface area contributed by atoms with Crippen molar-refractivity contribution in [2.45, 2.75) is 6.18 Å². The first-order valence-corrected chi connectivity index (χ1v) is 4.65. The summed E-state index contributed by atoms with van der Waals surface area (Å²) in [6, 6.07) is 3.74. The Morgan fingerprint density at radius 1 is 1.19 bits per heavy atom. The number of alkyl halides is 3. The van der Waals surface area contributed by atoms with Crippen molar-refractivity contribution in [2.24, 2.45) is 0 Å². The van der Waals surface area contributed by atoms with Gasteiger partial charge in [0.25, 0.3) is 0 Å². The van der Waals surface area contributed by atoms with Crippen LogP contribution < -0.4 is 10.6 Å². The van der Waals surface area contributed by atoms with Crippen molar-refractivity contribution < 1.29 is 13.2 Å². The third-order valence-electron chi connectivity index (χ3n) is 2.20. The van der Waals surface area contributed by atoms with E-state index in [4.69, 9.17) is 0 Å². The summed E-state index contributed by atoms with van der Waals surface area (Å²) < 4.78 is 37.7. The lowest BCUT2D eigenvalue weighted by Crippen LogP contribution is -2.09. The molecule has 0 heterocycles. The van der Waals surface area contributed by atoms with Crippen LogP contribution in [0, 0.1) is 0 Å². The molecule has 0 amide bonds. The number of nitrogens with one attached hydrogen (secondary N) is 2. The average Bonchev–Trinajstić information content (AvgIpc) is 2.26. The van der Waals surface area contributed by atoms with Crippen molar-refractivity contribution in [1.29, 1.82) is 0 Å². The fraction of sp³-hybridized carbons (Fsp3) is 0.273. The quantitative estimate of drug-likeness (QED) is 0.834. The van der Waals surface area contributed by atoms with Crippen LogP contribution in [0.4, 0.5) is 18.9 Å². The van der Waals surface area contributed by atoms with Gasteiger partial charge < -0.3 is 10.6 Å². The van der Waals surface area contributed by atoms with Gasteiger partial charge in [0.15, 0.2) is 0 Å². The van der Waals surface area contributed by atoms with Crippen LogP contribution in [0.5, 0.6) is 0 Å². The molecule has 0 aliphatic heterocycles. The molecule has 0 spiro atoms. The molecule has 1 aromatic carbocycles. The Bertz CT molecular complexity index is 397. The lowest BCUT2D eigenvalue weighted by Gasteiger charge is -2.13. The van der Waals surface area contributed by atoms with E-state index in [2.05, 4.69) is 17.2 Å². The highest BCUT2D eigenvalue weighted by Gasteiger charge is 2.31. The number of halogens is 3. The maximum atomic E-state index is 12.6. The lowest BCUT2D eigenvalue weighted by atomic mass is 10.1. The van der Waals surface area contributed by atoms with Gasteiger partial charge >= 0.3 is 6.18 Å². The zero-order valence-corrected chi connectivity index (χ0v) is 9.07. The Balaban J connectivity index is 3.27. The van der Waals surface area contributed by atoms with Crippen molar-refractivity contribution in [3.8, 4) is 0 Å². The predicted octanol–water partition coefficient (Wildman–Crippen LogP) is 2.94. The van der Waals surface area contributed by atoms with Crippen LogP contribution in [0.25, 0.3) is 5.70 Å². The summed E-state index contributed by atoms with van der Waals surface area (Å²) in [5, 5.41) is 5.41. The van der Waals surface area contributed by atoms with E-state index < -0.39 is 11.7 Å². The molecule has 0 saturated carbocycles. The SMILES string of the molecule is C=C(NC)c1cc(NC)cc(C(F)(F)F)c1. The lowest BCUT2D eigenvalue weighted by molar-refractivity contribution is -0.137. The van der Waals surface area contributed by atoms with E-state index in [1.807, 2.05) is 0 Å². The van der Waals surface area contributed by atoms with Gasteiger partial charge in [-0.15, -0.1) is 0 Å². The molecule has 0 fully saturated rings. The van der Waals surface area contributed by atoms with Crippen molar-refractivity contribution >= 4 is 11.4 Å². The number of anilines is 1. The molecule has 88 valence electrons. The highest BCUT2D eigenvalue weighted by atomic mass is 19.4. The van der Waals surface area contributed by atoms with Crippen LogP contribution in [0.15, 0.2) is 24.8 Å². The maximum Gasteiger partial charge on any atom is 0.416 e. The predicted molar refractivity (Wildman–Crippen MR) is 59.1 cm³/mol. The molecule has 16 heavy (non-hydrogen) atoms. The standard InChI is InChI=1S/C11H13F3N2/c1-7(15-2)8-4-9(11(12,13)14)6-10(5-8)16-3/h4-6,15-16H,1H2,2-3H3. The van der Waals surface area contributed by atoms with Crippen molar-refractivity contribution in [3.05, 3.63) is 35.9 Å². The number of hydrogen-bond acceptors (Lipinski definition) is 2. The Morgan fingerprint density at radius 2 is 1.81 bits per heavy atom. The molecule has 1 aromatic rings. The molecule has 1 rings (SSSR count). The Morgan fingerprint density at radius 3 is 2.25 bits per heavy atom. The van der Waals surface area contributed by atoms with Gasteiger partial charge in [0, 0.05) is 25.5 Å². The molecule has 0 bridgehead atoms. The first-order valence-electron chi connectivity index (χ1n) is 4.65. The van der Waals surface area contributed by atoms with Gasteiger partial charge in [0.1, 0.15) is 0 Å². The van der Waals surface area contributed by atoms with Crippen LogP contribution in [-0.4, -0.2) is 14.1 Å². The molecule has 0 atom stereocenters. The van der Waals surface area contributed by atoms with Crippen LogP contribution >= 0.6 is 0 Å². The molecule has 0 aliphatic rings. The van der Waals surface area contributed by atoms with E-state index in [9.17, 15) is 13.2 Å². The zero-order chi connectivity index (χ0) is 12.3. The highest BCUT2D eigenvalue weighted by Crippen LogP contribution is 2.32. The second-order valence-electron chi connectivity index (χ2n) is 3.28. The second kappa shape index (κ2) is 4.47. The summed E-state index contributed by atoms with van der Waals surface area (Å²) in [7, 11) is 3.18. The summed E-state index contributed by atoms with van der Waals surface area (Å²) >= 11 is 0. The number of hydrogen-bond donors (Lipinski definition) is 2. The molecular weight excluding hydrogens is 217 g/mol. The first-order chi connectivity index (χ1) is 7.38. The molecule has 5 heteroatoms. The van der Waals surface area contributed by atoms with E-state index in [0.29, 0.717) is 16.9 Å². The molecule has 0 aromatic heterocycles. The fourth-order valence-corrected chi connectivity index (χ4v) is 1.25. The maximum absolute atomic E-state index is 12.6. The molecule has 0 radical (unpaired) electrons. The molecule has 0 saturated heterocycles. The van der Waals surface area contributed by atoms with Crippen molar-refractivity contribution in [3.63, 3.8) is 0 Å². The Kier molecular flexibility index (Phi) is 3.47. The van der Waals surface area contributed by atoms with Crippen LogP contribution in [-0.2, 0) is 6.18 Å². The van der Waals surface area contributed by atoms with Gasteiger partial charge in [-0.25, -0.2) is 0 Å². The van der Waals surface area contributed by atoms with Gasteiger partial charge in [-0.3, -0.25) is 0 Å². The van der Waals surface area contributed by atoms with Crippen molar-refractivity contribution in [2.75, 3.05) is 19.4 Å². The van der Waals surface area contributed by atoms with Gasteiger partial charge in [-0.2, -0.15) is 13.2 Å². The van der Waals surface area contributed by atoms with Gasteiger partial charge in [-0.1, -0.05) is 6.58 Å². The minimum atomic E-state index is -4.35. The molecule has 2 N–H and O–H groups in total. The summed E-state index contributed by atoms with van der Waals surface area (Å²) in [4.78, 5) is 0. The van der Waals surface area contributed by atoms with Crippen molar-refractivity contribution in [1.82, 2.24) is 5.32 Å². The largest absolute Gasteiger partial charge is 0.416 e. The van der Waals surface area contributed by atoms with Gasteiger partial charge in [0.2, 0.25) is 0 Å². The van der Waals surface area contributed by atoms with Crippen LogP contribution in [0.1, 0.15) is 11.1 Å². The average molecular weight is 230 g/mol. The molecule has 0 unspecified atom stereocenters. The number of benzene rings is 1. The monoisotopic (exact) mass is 230 g/mol. The minimum Gasteiger partial charge on any atom is -0.388 e. The fourth-order valence-electron chi connectivity index (χ4n) is 1.25. The van der Waals surface area contributed by atoms with Gasteiger partial charge in [0.05, 0.1) is 5.56 Å². The number of rotatable bonds is 3. The smallest absolute Gasteiger partial charge is 0.388 e. The summed E-state index contributed by atoms with van der Waals surface area (Å²) in [5.41, 5.74) is 0.580. The van der Waals surface area contributed by atoms with E-state index in [0.717, 1.165) is 12.1 Å². The van der Waals surface area contributed by atoms with E-state index in [1.165, 1.54) is 0 Å². The summed E-state index contributed by atoms with van der Waals surface area (Å²) in [6.07, 6.45) is -4.35. The topological polar surface area (TPSA) is 24.1 Å². The summed E-state index contributed by atoms with van der Waals surface area (Å²) in [5.74, 6) is 0. The van der Waals surface area contributed by atoms with E-state index in [-0.39, 0.29) is 0 Å². The third-order valence-corrected chi connectivity index (χ3v) is 2.20. The second-order valence-corrected chi connectivity index (χ2v) is 3.28. The Labute approximate surface area is 92.2 Å². The third kappa shape index (κ3) is 2.68. The highest BCUT2D eigenvalue weighted by molar-refractivity contribution is 5.67. The van der Waals surface area contributed by atoms with E-state index >= 15 is 0 Å². The molecule has 2 nitrogen and oxygen atoms in total. The van der Waals surface area contributed by atoms with Gasteiger partial charge in [-0.05, 0) is 23.8 Å². The van der Waals surface area contributed by atoms with Crippen LogP contribution in [0.2, 0.25) is 0 Å². The summed E-state index contributed by atoms with van der Waals surface area (Å²) in [6.45, 7) is 3.64. The molecular formula is C11H13F3N2. The first kappa shape index (κ1) is 12.4. The minimum absolute atomic E-state index is 0.404. The van der Waals surface area contributed by atoms with Crippen LogP contribution in [0.3, 0.4) is 0 Å².